The number of amides is 2. The van der Waals surface area contributed by atoms with E-state index in [2.05, 4.69) is 15.8 Å². The molecule has 1 rings (SSSR count). The molecule has 0 heterocycles. The van der Waals surface area contributed by atoms with E-state index in [0.29, 0.717) is 12.1 Å². The lowest BCUT2D eigenvalue weighted by Gasteiger charge is -2.07. The number of aryl methyl sites for hydroxylation is 2. The van der Waals surface area contributed by atoms with E-state index in [1.807, 2.05) is 39.0 Å². The Bertz CT molecular complexity index is 565. The largest absolute Gasteiger partial charge is 0.326 e. The van der Waals surface area contributed by atoms with Gasteiger partial charge in [0.15, 0.2) is 0 Å². The fraction of sp³-hybridized carbons (Fsp3) is 0.471. The second kappa shape index (κ2) is 8.97. The highest BCUT2D eigenvalue weighted by Gasteiger charge is 2.06. The summed E-state index contributed by atoms with van der Waals surface area (Å²) < 4.78 is 0. The number of carbonyl (C=O) groups excluding carboxylic acids is 2. The Balaban J connectivity index is 2.46. The summed E-state index contributed by atoms with van der Waals surface area (Å²) in [6, 6.07) is 5.78. The van der Waals surface area contributed by atoms with Gasteiger partial charge < -0.3 is 5.32 Å². The van der Waals surface area contributed by atoms with Gasteiger partial charge in [-0.25, -0.2) is 5.43 Å². The molecule has 0 spiro atoms. The van der Waals surface area contributed by atoms with E-state index >= 15 is 0 Å². The van der Waals surface area contributed by atoms with Crippen LogP contribution in [0.3, 0.4) is 0 Å². The van der Waals surface area contributed by atoms with Crippen LogP contribution in [0.15, 0.2) is 23.3 Å². The summed E-state index contributed by atoms with van der Waals surface area (Å²) in [7, 11) is 0. The molecule has 1 aromatic rings. The zero-order valence-corrected chi connectivity index (χ0v) is 13.8. The van der Waals surface area contributed by atoms with Crippen LogP contribution in [0.4, 0.5) is 5.69 Å². The third kappa shape index (κ3) is 6.52. The molecule has 5 nitrogen and oxygen atoms in total. The molecule has 1 aromatic carbocycles. The number of carbonyl (C=O) groups is 2. The van der Waals surface area contributed by atoms with Crippen molar-refractivity contribution in [1.82, 2.24) is 5.43 Å². The van der Waals surface area contributed by atoms with E-state index in [-0.39, 0.29) is 18.2 Å². The smallest absolute Gasteiger partial charge is 0.240 e. The Hall–Kier alpha value is -2.17. The summed E-state index contributed by atoms with van der Waals surface area (Å²) in [6.07, 6.45) is 2.42. The number of benzene rings is 1. The highest BCUT2D eigenvalue weighted by molar-refractivity contribution is 6.05. The van der Waals surface area contributed by atoms with Crippen LogP contribution in [-0.4, -0.2) is 17.5 Å². The zero-order chi connectivity index (χ0) is 16.5. The van der Waals surface area contributed by atoms with Crippen LogP contribution in [0, 0.1) is 13.8 Å². The fourth-order valence-electron chi connectivity index (χ4n) is 1.85. The van der Waals surface area contributed by atoms with Crippen molar-refractivity contribution in [3.05, 3.63) is 29.3 Å². The van der Waals surface area contributed by atoms with Gasteiger partial charge in [-0.2, -0.15) is 5.10 Å². The molecule has 5 heteroatoms. The summed E-state index contributed by atoms with van der Waals surface area (Å²) in [6.45, 7) is 7.78. The SMILES string of the molecule is CCCCC(=O)N/N=C(\C)CC(=O)Nc1ccc(C)c(C)c1. The molecule has 2 N–H and O–H groups in total. The molecule has 2 amide bonds. The number of nitrogens with one attached hydrogen (secondary N) is 2. The van der Waals surface area contributed by atoms with Crippen molar-refractivity contribution < 1.29 is 9.59 Å². The highest BCUT2D eigenvalue weighted by atomic mass is 16.2. The van der Waals surface area contributed by atoms with Crippen LogP contribution in [-0.2, 0) is 9.59 Å². The van der Waals surface area contributed by atoms with Gasteiger partial charge in [0.1, 0.15) is 0 Å². The lowest BCUT2D eigenvalue weighted by atomic mass is 10.1. The average molecular weight is 303 g/mol. The number of rotatable bonds is 7. The average Bonchev–Trinajstić information content (AvgIpc) is 2.46. The maximum Gasteiger partial charge on any atom is 0.240 e. The highest BCUT2D eigenvalue weighted by Crippen LogP contribution is 2.14. The summed E-state index contributed by atoms with van der Waals surface area (Å²) in [4.78, 5) is 23.4. The van der Waals surface area contributed by atoms with Crippen molar-refractivity contribution in [2.24, 2.45) is 5.10 Å². The molecule has 0 unspecified atom stereocenters. The van der Waals surface area contributed by atoms with Gasteiger partial charge in [0.05, 0.1) is 6.42 Å². The van der Waals surface area contributed by atoms with Gasteiger partial charge in [-0.1, -0.05) is 19.4 Å². The van der Waals surface area contributed by atoms with Crippen molar-refractivity contribution >= 4 is 23.2 Å². The maximum atomic E-state index is 11.9. The van der Waals surface area contributed by atoms with Crippen molar-refractivity contribution in [1.29, 1.82) is 0 Å². The summed E-state index contributed by atoms with van der Waals surface area (Å²) in [5.41, 5.74) is 6.14. The molecule has 0 atom stereocenters. The molecule has 0 saturated heterocycles. The number of nitrogens with zero attached hydrogens (tertiary/aromatic N) is 1. The minimum absolute atomic E-state index is 0.115. The third-order valence-corrected chi connectivity index (χ3v) is 3.34. The predicted octanol–water partition coefficient (Wildman–Crippen LogP) is 3.31. The topological polar surface area (TPSA) is 70.6 Å². The Morgan fingerprint density at radius 2 is 1.86 bits per heavy atom. The minimum atomic E-state index is -0.146. The Morgan fingerprint density at radius 3 is 2.50 bits per heavy atom. The van der Waals surface area contributed by atoms with Crippen molar-refractivity contribution in [3.8, 4) is 0 Å². The first-order valence-corrected chi connectivity index (χ1v) is 7.61. The van der Waals surface area contributed by atoms with Crippen molar-refractivity contribution in [2.75, 3.05) is 5.32 Å². The molecule has 0 radical (unpaired) electrons. The Morgan fingerprint density at radius 1 is 1.14 bits per heavy atom. The van der Waals surface area contributed by atoms with Gasteiger partial charge in [0, 0.05) is 17.8 Å². The molecule has 0 saturated carbocycles. The lowest BCUT2D eigenvalue weighted by Crippen LogP contribution is -2.21. The fourth-order valence-corrected chi connectivity index (χ4v) is 1.85. The first-order chi connectivity index (χ1) is 10.4. The number of unbranched alkanes of at least 4 members (excludes halogenated alkanes) is 1. The Kier molecular flexibility index (Phi) is 7.29. The summed E-state index contributed by atoms with van der Waals surface area (Å²) >= 11 is 0. The van der Waals surface area contributed by atoms with Crippen molar-refractivity contribution in [3.63, 3.8) is 0 Å². The molecule has 0 bridgehead atoms. The first kappa shape index (κ1) is 17.9. The van der Waals surface area contributed by atoms with Crippen LogP contribution in [0.2, 0.25) is 0 Å². The zero-order valence-electron chi connectivity index (χ0n) is 13.8. The molecule has 22 heavy (non-hydrogen) atoms. The van der Waals surface area contributed by atoms with Gasteiger partial charge in [-0.05, 0) is 50.5 Å². The van der Waals surface area contributed by atoms with E-state index in [4.69, 9.17) is 0 Å². The first-order valence-electron chi connectivity index (χ1n) is 7.61. The summed E-state index contributed by atoms with van der Waals surface area (Å²) in [5, 5.41) is 6.78. The number of anilines is 1. The van der Waals surface area contributed by atoms with Gasteiger partial charge >= 0.3 is 0 Å². The molecule has 120 valence electrons. The quantitative estimate of drug-likeness (QED) is 0.599. The van der Waals surface area contributed by atoms with E-state index in [9.17, 15) is 9.59 Å². The van der Waals surface area contributed by atoms with Gasteiger partial charge in [0.25, 0.3) is 0 Å². The van der Waals surface area contributed by atoms with Gasteiger partial charge in [-0.3, -0.25) is 9.59 Å². The molecular weight excluding hydrogens is 278 g/mol. The molecular formula is C17H25N3O2. The normalized spacial score (nSPS) is 11.2. The van der Waals surface area contributed by atoms with E-state index in [1.54, 1.807) is 6.92 Å². The molecule has 0 aliphatic rings. The number of hydrogen-bond donors (Lipinski definition) is 2. The monoisotopic (exact) mass is 303 g/mol. The van der Waals surface area contributed by atoms with Crippen LogP contribution >= 0.6 is 0 Å². The summed E-state index contributed by atoms with van der Waals surface area (Å²) in [5.74, 6) is -0.261. The van der Waals surface area contributed by atoms with E-state index < -0.39 is 0 Å². The standard InChI is InChI=1S/C17H25N3O2/c1-5-6-7-16(21)20-19-14(4)11-17(22)18-15-9-8-12(2)13(3)10-15/h8-10H,5-7,11H2,1-4H3,(H,18,22)(H,20,21)/b19-14+. The van der Waals surface area contributed by atoms with Crippen LogP contribution < -0.4 is 10.7 Å². The van der Waals surface area contributed by atoms with E-state index in [1.165, 1.54) is 5.56 Å². The van der Waals surface area contributed by atoms with Crippen LogP contribution in [0.1, 0.15) is 50.7 Å². The third-order valence-electron chi connectivity index (χ3n) is 3.34. The number of hydrogen-bond acceptors (Lipinski definition) is 3. The Labute approximate surface area is 132 Å². The minimum Gasteiger partial charge on any atom is -0.326 e. The van der Waals surface area contributed by atoms with Crippen LogP contribution in [0.5, 0.6) is 0 Å². The second-order valence-corrected chi connectivity index (χ2v) is 5.51. The lowest BCUT2D eigenvalue weighted by molar-refractivity contribution is -0.121. The van der Waals surface area contributed by atoms with E-state index in [0.717, 1.165) is 24.1 Å². The molecule has 0 fully saturated rings. The maximum absolute atomic E-state index is 11.9. The van der Waals surface area contributed by atoms with Gasteiger partial charge in [-0.15, -0.1) is 0 Å². The molecule has 0 aliphatic carbocycles. The van der Waals surface area contributed by atoms with Crippen molar-refractivity contribution in [2.45, 2.75) is 53.4 Å². The van der Waals surface area contributed by atoms with Gasteiger partial charge in [0.2, 0.25) is 11.8 Å². The molecule has 0 aromatic heterocycles. The van der Waals surface area contributed by atoms with Crippen LogP contribution in [0.25, 0.3) is 0 Å². The predicted molar refractivity (Wildman–Crippen MR) is 89.9 cm³/mol. The number of hydrazone groups is 1. The molecule has 0 aliphatic heterocycles. The second-order valence-electron chi connectivity index (χ2n) is 5.51.